The SMILES string of the molecule is CCc1ccc(C(=O)N(C)CC(=O)Nc2ccc(F)cc2)cc1S(=O)(=O)N1CCOCC1. The molecule has 1 saturated heterocycles. The van der Waals surface area contributed by atoms with Gasteiger partial charge in [-0.05, 0) is 48.4 Å². The topological polar surface area (TPSA) is 96.0 Å². The van der Waals surface area contributed by atoms with Crippen molar-refractivity contribution in [1.82, 2.24) is 9.21 Å². The van der Waals surface area contributed by atoms with Crippen LogP contribution < -0.4 is 5.32 Å². The van der Waals surface area contributed by atoms with E-state index in [0.29, 0.717) is 30.9 Å². The highest BCUT2D eigenvalue weighted by molar-refractivity contribution is 7.89. The molecule has 0 aliphatic carbocycles. The second-order valence-electron chi connectivity index (χ2n) is 7.41. The number of sulfonamides is 1. The fraction of sp³-hybridized carbons (Fsp3) is 0.364. The van der Waals surface area contributed by atoms with Gasteiger partial charge in [-0.1, -0.05) is 13.0 Å². The molecule has 0 radical (unpaired) electrons. The number of rotatable bonds is 7. The molecule has 0 spiro atoms. The molecule has 2 aromatic rings. The molecule has 32 heavy (non-hydrogen) atoms. The summed E-state index contributed by atoms with van der Waals surface area (Å²) in [6.07, 6.45) is 0.489. The fourth-order valence-corrected chi connectivity index (χ4v) is 5.11. The van der Waals surface area contributed by atoms with E-state index in [4.69, 9.17) is 4.74 Å². The molecule has 0 saturated carbocycles. The summed E-state index contributed by atoms with van der Waals surface area (Å²) < 4.78 is 45.9. The molecule has 0 unspecified atom stereocenters. The smallest absolute Gasteiger partial charge is 0.254 e. The summed E-state index contributed by atoms with van der Waals surface area (Å²) in [4.78, 5) is 26.5. The first kappa shape index (κ1) is 23.8. The molecule has 0 bridgehead atoms. The summed E-state index contributed by atoms with van der Waals surface area (Å²) >= 11 is 0. The standard InChI is InChI=1S/C22H26FN3O5S/c1-3-16-4-5-17(14-20(16)32(29,30)26-10-12-31-13-11-26)22(28)25(2)15-21(27)24-19-8-6-18(23)7-9-19/h4-9,14H,3,10-13,15H2,1-2H3,(H,24,27). The van der Waals surface area contributed by atoms with E-state index in [2.05, 4.69) is 5.32 Å². The van der Waals surface area contributed by atoms with Gasteiger partial charge in [0.05, 0.1) is 24.7 Å². The number of amides is 2. The van der Waals surface area contributed by atoms with Crippen LogP contribution in [0, 0.1) is 5.82 Å². The molecule has 1 aliphatic rings. The number of anilines is 1. The molecule has 0 atom stereocenters. The second-order valence-corrected chi connectivity index (χ2v) is 9.32. The number of morpholine rings is 1. The number of nitrogens with one attached hydrogen (secondary N) is 1. The Kier molecular flexibility index (Phi) is 7.60. The van der Waals surface area contributed by atoms with Crippen LogP contribution in [0.2, 0.25) is 0 Å². The van der Waals surface area contributed by atoms with Crippen LogP contribution in [-0.4, -0.2) is 69.3 Å². The number of hydrogen-bond acceptors (Lipinski definition) is 5. The molecular formula is C22H26FN3O5S. The van der Waals surface area contributed by atoms with E-state index in [9.17, 15) is 22.4 Å². The van der Waals surface area contributed by atoms with Crippen LogP contribution in [0.3, 0.4) is 0 Å². The van der Waals surface area contributed by atoms with Gasteiger partial charge in [0.2, 0.25) is 15.9 Å². The second kappa shape index (κ2) is 10.2. The lowest BCUT2D eigenvalue weighted by Gasteiger charge is -2.27. The average molecular weight is 464 g/mol. The number of likely N-dealkylation sites (N-methyl/N-ethyl adjacent to an activating group) is 1. The maximum absolute atomic E-state index is 13.2. The minimum atomic E-state index is -3.78. The first-order valence-corrected chi connectivity index (χ1v) is 11.7. The minimum absolute atomic E-state index is 0.0944. The molecule has 1 heterocycles. The number of carbonyl (C=O) groups is 2. The van der Waals surface area contributed by atoms with Crippen LogP contribution in [0.4, 0.5) is 10.1 Å². The lowest BCUT2D eigenvalue weighted by atomic mass is 10.1. The Labute approximate surface area is 187 Å². The molecule has 1 N–H and O–H groups in total. The Morgan fingerprint density at radius 1 is 1.12 bits per heavy atom. The van der Waals surface area contributed by atoms with Gasteiger partial charge < -0.3 is 15.0 Å². The largest absolute Gasteiger partial charge is 0.379 e. The van der Waals surface area contributed by atoms with E-state index >= 15 is 0 Å². The first-order valence-electron chi connectivity index (χ1n) is 10.2. The third-order valence-corrected chi connectivity index (χ3v) is 7.12. The number of nitrogens with zero attached hydrogens (tertiary/aromatic N) is 2. The monoisotopic (exact) mass is 463 g/mol. The van der Waals surface area contributed by atoms with Gasteiger partial charge in [-0.3, -0.25) is 9.59 Å². The maximum atomic E-state index is 13.2. The predicted octanol–water partition coefficient (Wildman–Crippen LogP) is 2.12. The lowest BCUT2D eigenvalue weighted by Crippen LogP contribution is -2.41. The Bertz CT molecular complexity index is 1080. The van der Waals surface area contributed by atoms with Gasteiger partial charge in [-0.2, -0.15) is 4.31 Å². The fourth-order valence-electron chi connectivity index (χ4n) is 3.39. The molecule has 172 valence electrons. The third-order valence-electron chi connectivity index (χ3n) is 5.14. The average Bonchev–Trinajstić information content (AvgIpc) is 2.80. The molecular weight excluding hydrogens is 437 g/mol. The van der Waals surface area contributed by atoms with Crippen LogP contribution in [0.15, 0.2) is 47.4 Å². The number of benzene rings is 2. The van der Waals surface area contributed by atoms with Crippen LogP contribution in [0.25, 0.3) is 0 Å². The van der Waals surface area contributed by atoms with Gasteiger partial charge in [0.15, 0.2) is 0 Å². The highest BCUT2D eigenvalue weighted by Crippen LogP contribution is 2.24. The molecule has 2 amide bonds. The van der Waals surface area contributed by atoms with E-state index in [1.54, 1.807) is 12.1 Å². The number of ether oxygens (including phenoxy) is 1. The van der Waals surface area contributed by atoms with Gasteiger partial charge >= 0.3 is 0 Å². The molecule has 3 rings (SSSR count). The predicted molar refractivity (Wildman–Crippen MR) is 117 cm³/mol. The van der Waals surface area contributed by atoms with Crippen LogP contribution >= 0.6 is 0 Å². The summed E-state index contributed by atoms with van der Waals surface area (Å²) in [5.41, 5.74) is 1.19. The molecule has 10 heteroatoms. The van der Waals surface area contributed by atoms with Gasteiger partial charge in [0.1, 0.15) is 5.82 Å². The van der Waals surface area contributed by atoms with E-state index in [1.807, 2.05) is 6.92 Å². The van der Waals surface area contributed by atoms with Crippen molar-refractivity contribution in [2.75, 3.05) is 45.2 Å². The summed E-state index contributed by atoms with van der Waals surface area (Å²) in [6.45, 7) is 2.76. The van der Waals surface area contributed by atoms with Crippen molar-refractivity contribution in [2.45, 2.75) is 18.2 Å². The van der Waals surface area contributed by atoms with Crippen LogP contribution in [0.5, 0.6) is 0 Å². The van der Waals surface area contributed by atoms with Crippen molar-refractivity contribution in [3.63, 3.8) is 0 Å². The maximum Gasteiger partial charge on any atom is 0.254 e. The quantitative estimate of drug-likeness (QED) is 0.679. The normalized spacial score (nSPS) is 14.7. The highest BCUT2D eigenvalue weighted by atomic mass is 32.2. The number of halogens is 1. The first-order chi connectivity index (χ1) is 15.2. The van der Waals surface area contributed by atoms with E-state index in [-0.39, 0.29) is 30.1 Å². The minimum Gasteiger partial charge on any atom is -0.379 e. The Morgan fingerprint density at radius 2 is 1.78 bits per heavy atom. The van der Waals surface area contributed by atoms with Crippen LogP contribution in [0.1, 0.15) is 22.8 Å². The van der Waals surface area contributed by atoms with E-state index in [1.165, 1.54) is 46.6 Å². The lowest BCUT2D eigenvalue weighted by molar-refractivity contribution is -0.116. The zero-order chi connectivity index (χ0) is 23.3. The van der Waals surface area contributed by atoms with Gasteiger partial charge in [0, 0.05) is 31.4 Å². The summed E-state index contributed by atoms with van der Waals surface area (Å²) in [5, 5.41) is 2.59. The number of carbonyl (C=O) groups excluding carboxylic acids is 2. The Morgan fingerprint density at radius 3 is 2.41 bits per heavy atom. The van der Waals surface area contributed by atoms with Crippen molar-refractivity contribution in [3.05, 3.63) is 59.4 Å². The van der Waals surface area contributed by atoms with Gasteiger partial charge in [-0.15, -0.1) is 0 Å². The van der Waals surface area contributed by atoms with Crippen molar-refractivity contribution in [2.24, 2.45) is 0 Å². The van der Waals surface area contributed by atoms with Crippen molar-refractivity contribution >= 4 is 27.5 Å². The van der Waals surface area contributed by atoms with Crippen molar-refractivity contribution < 1.29 is 27.1 Å². The number of hydrogen-bond donors (Lipinski definition) is 1. The van der Waals surface area contributed by atoms with Crippen molar-refractivity contribution in [3.8, 4) is 0 Å². The zero-order valence-corrected chi connectivity index (χ0v) is 18.8. The number of aryl methyl sites for hydroxylation is 1. The summed E-state index contributed by atoms with van der Waals surface area (Å²) in [7, 11) is -2.33. The Balaban J connectivity index is 1.76. The molecule has 8 nitrogen and oxygen atoms in total. The Hall–Kier alpha value is -2.82. The molecule has 1 aliphatic heterocycles. The van der Waals surface area contributed by atoms with E-state index in [0.717, 1.165) is 0 Å². The van der Waals surface area contributed by atoms with Crippen LogP contribution in [-0.2, 0) is 26.0 Å². The zero-order valence-electron chi connectivity index (χ0n) is 18.0. The van der Waals surface area contributed by atoms with E-state index < -0.39 is 27.7 Å². The highest BCUT2D eigenvalue weighted by Gasteiger charge is 2.29. The van der Waals surface area contributed by atoms with Crippen molar-refractivity contribution in [1.29, 1.82) is 0 Å². The van der Waals surface area contributed by atoms with Gasteiger partial charge in [0.25, 0.3) is 5.91 Å². The molecule has 1 fully saturated rings. The molecule has 2 aromatic carbocycles. The third kappa shape index (κ3) is 5.50. The summed E-state index contributed by atoms with van der Waals surface area (Å²) in [6, 6.07) is 9.84. The summed E-state index contributed by atoms with van der Waals surface area (Å²) in [5.74, 6) is -1.37. The molecule has 0 aromatic heterocycles. The van der Waals surface area contributed by atoms with Gasteiger partial charge in [-0.25, -0.2) is 12.8 Å².